The number of pyridine rings is 1. The molecular formula is C20H21N3O4S. The molecule has 0 spiro atoms. The third kappa shape index (κ3) is 2.79. The first-order chi connectivity index (χ1) is 13.4. The van der Waals surface area contributed by atoms with Gasteiger partial charge >= 0.3 is 0 Å². The summed E-state index contributed by atoms with van der Waals surface area (Å²) >= 11 is 0. The van der Waals surface area contributed by atoms with E-state index in [0.29, 0.717) is 38.2 Å². The summed E-state index contributed by atoms with van der Waals surface area (Å²) in [5.74, 6) is 0.131. The van der Waals surface area contributed by atoms with Crippen LogP contribution in [0.2, 0.25) is 0 Å². The van der Waals surface area contributed by atoms with E-state index in [1.807, 2.05) is 6.07 Å². The van der Waals surface area contributed by atoms with Gasteiger partial charge in [-0.25, -0.2) is 8.42 Å². The minimum Gasteiger partial charge on any atom is -0.326 e. The number of rotatable bonds is 2. The summed E-state index contributed by atoms with van der Waals surface area (Å²) in [7, 11) is -3.63. The molecule has 2 atom stereocenters. The van der Waals surface area contributed by atoms with Crippen LogP contribution in [-0.4, -0.2) is 36.3 Å². The number of carbonyl (C=O) groups excluding carboxylic acids is 1. The fourth-order valence-corrected chi connectivity index (χ4v) is 6.33. The molecule has 1 fully saturated rings. The summed E-state index contributed by atoms with van der Waals surface area (Å²) in [5.41, 5.74) is 2.46. The summed E-state index contributed by atoms with van der Waals surface area (Å²) in [4.78, 5) is 24.0. The number of aromatic nitrogens is 1. The van der Waals surface area contributed by atoms with Crippen molar-refractivity contribution in [1.82, 2.24) is 8.87 Å². The summed E-state index contributed by atoms with van der Waals surface area (Å²) in [6.45, 7) is 1.37. The summed E-state index contributed by atoms with van der Waals surface area (Å²) < 4.78 is 30.0. The lowest BCUT2D eigenvalue weighted by atomic mass is 9.84. The largest absolute Gasteiger partial charge is 0.326 e. The molecule has 2 unspecified atom stereocenters. The van der Waals surface area contributed by atoms with Crippen molar-refractivity contribution in [3.63, 3.8) is 0 Å². The lowest BCUT2D eigenvalue weighted by Gasteiger charge is -2.42. The fourth-order valence-electron chi connectivity index (χ4n) is 4.72. The van der Waals surface area contributed by atoms with Gasteiger partial charge in [-0.05, 0) is 48.6 Å². The van der Waals surface area contributed by atoms with E-state index in [-0.39, 0.29) is 28.2 Å². The Hall–Kier alpha value is -2.45. The molecule has 2 aromatic rings. The average Bonchev–Trinajstić information content (AvgIpc) is 2.68. The average molecular weight is 399 g/mol. The summed E-state index contributed by atoms with van der Waals surface area (Å²) in [6, 6.07) is 10.2. The zero-order valence-electron chi connectivity index (χ0n) is 15.3. The summed E-state index contributed by atoms with van der Waals surface area (Å²) in [6.07, 6.45) is 1.83. The number of carbonyl (C=O) groups is 1. The van der Waals surface area contributed by atoms with E-state index in [9.17, 15) is 18.0 Å². The van der Waals surface area contributed by atoms with Gasteiger partial charge in [-0.15, -0.1) is 0 Å². The van der Waals surface area contributed by atoms with Gasteiger partial charge in [0.05, 0.1) is 4.90 Å². The maximum absolute atomic E-state index is 13.3. The van der Waals surface area contributed by atoms with Crippen LogP contribution in [0.1, 0.15) is 30.0 Å². The van der Waals surface area contributed by atoms with Crippen LogP contribution < -0.4 is 10.9 Å². The first kappa shape index (κ1) is 17.6. The fraction of sp³-hybridized carbons (Fsp3) is 0.400. The number of nitrogens with one attached hydrogen (secondary N) is 1. The van der Waals surface area contributed by atoms with Gasteiger partial charge in [-0.1, -0.05) is 6.07 Å². The molecule has 1 aromatic heterocycles. The second-order valence-electron chi connectivity index (χ2n) is 7.89. The van der Waals surface area contributed by atoms with E-state index < -0.39 is 10.0 Å². The predicted molar refractivity (Wildman–Crippen MR) is 104 cm³/mol. The lowest BCUT2D eigenvalue weighted by Crippen LogP contribution is -2.49. The van der Waals surface area contributed by atoms with Crippen molar-refractivity contribution < 1.29 is 13.2 Å². The number of fused-ring (bicyclic) bond motifs is 5. The van der Waals surface area contributed by atoms with Crippen molar-refractivity contribution in [3.8, 4) is 0 Å². The van der Waals surface area contributed by atoms with E-state index in [1.165, 1.54) is 0 Å². The number of sulfonamides is 1. The molecule has 0 saturated carbocycles. The maximum Gasteiger partial charge on any atom is 0.250 e. The van der Waals surface area contributed by atoms with Gasteiger partial charge in [0.1, 0.15) is 0 Å². The lowest BCUT2D eigenvalue weighted by molar-refractivity contribution is -0.116. The monoisotopic (exact) mass is 399 g/mol. The molecule has 1 saturated heterocycles. The minimum absolute atomic E-state index is 0.0137. The summed E-state index contributed by atoms with van der Waals surface area (Å²) in [5, 5.41) is 2.79. The third-order valence-electron chi connectivity index (χ3n) is 6.06. The van der Waals surface area contributed by atoms with Gasteiger partial charge < -0.3 is 9.88 Å². The van der Waals surface area contributed by atoms with Crippen molar-refractivity contribution in [2.75, 3.05) is 18.4 Å². The van der Waals surface area contributed by atoms with Crippen LogP contribution in [0, 0.1) is 5.92 Å². The number of nitrogens with zero attached hydrogens (tertiary/aromatic N) is 2. The van der Waals surface area contributed by atoms with Crippen LogP contribution in [-0.2, 0) is 27.8 Å². The zero-order valence-corrected chi connectivity index (χ0v) is 16.1. The van der Waals surface area contributed by atoms with Gasteiger partial charge in [-0.3, -0.25) is 9.59 Å². The van der Waals surface area contributed by atoms with Crippen LogP contribution in [0.4, 0.5) is 5.69 Å². The molecule has 5 rings (SSSR count). The molecule has 7 nitrogen and oxygen atoms in total. The smallest absolute Gasteiger partial charge is 0.250 e. The third-order valence-corrected chi connectivity index (χ3v) is 7.88. The van der Waals surface area contributed by atoms with Gasteiger partial charge in [0, 0.05) is 49.4 Å². The van der Waals surface area contributed by atoms with Gasteiger partial charge in [0.2, 0.25) is 15.9 Å². The molecule has 0 radical (unpaired) electrons. The van der Waals surface area contributed by atoms with E-state index in [1.54, 1.807) is 39.2 Å². The highest BCUT2D eigenvalue weighted by molar-refractivity contribution is 7.89. The first-order valence-electron chi connectivity index (χ1n) is 9.54. The molecule has 146 valence electrons. The number of anilines is 1. The van der Waals surface area contributed by atoms with Crippen LogP contribution in [0.25, 0.3) is 0 Å². The second-order valence-corrected chi connectivity index (χ2v) is 9.83. The molecule has 1 N–H and O–H groups in total. The number of aryl methyl sites for hydroxylation is 1. The highest BCUT2D eigenvalue weighted by Gasteiger charge is 2.39. The van der Waals surface area contributed by atoms with E-state index >= 15 is 0 Å². The zero-order chi connectivity index (χ0) is 19.5. The predicted octanol–water partition coefficient (Wildman–Crippen LogP) is 1.54. The first-order valence-corrected chi connectivity index (χ1v) is 11.0. The quantitative estimate of drug-likeness (QED) is 0.830. The molecular weight excluding hydrogens is 378 g/mol. The number of amides is 1. The Kier molecular flexibility index (Phi) is 3.96. The normalized spacial score (nSPS) is 24.2. The Morgan fingerprint density at radius 2 is 1.86 bits per heavy atom. The number of benzene rings is 1. The molecule has 28 heavy (non-hydrogen) atoms. The molecule has 1 aromatic carbocycles. The molecule has 3 aliphatic heterocycles. The molecule has 0 aliphatic carbocycles. The molecule has 4 heterocycles. The Bertz CT molecular complexity index is 1140. The standard InChI is InChI=1S/C20H21N3O4S/c24-19-7-4-14-9-16(5-6-17(14)21-19)28(26,27)22-10-13-8-15(12-22)18-2-1-3-20(25)23(18)11-13/h1-3,5-6,9,13,15H,4,7-8,10-12H2,(H,21,24). The Morgan fingerprint density at radius 3 is 2.71 bits per heavy atom. The van der Waals surface area contributed by atoms with Crippen LogP contribution >= 0.6 is 0 Å². The van der Waals surface area contributed by atoms with E-state index in [2.05, 4.69) is 5.32 Å². The van der Waals surface area contributed by atoms with Crippen LogP contribution in [0.3, 0.4) is 0 Å². The van der Waals surface area contributed by atoms with E-state index in [4.69, 9.17) is 0 Å². The number of piperidine rings is 1. The Labute approximate surface area is 163 Å². The highest BCUT2D eigenvalue weighted by atomic mass is 32.2. The maximum atomic E-state index is 13.3. The van der Waals surface area contributed by atoms with Crippen molar-refractivity contribution in [1.29, 1.82) is 0 Å². The second kappa shape index (κ2) is 6.28. The van der Waals surface area contributed by atoms with Crippen LogP contribution in [0.15, 0.2) is 46.1 Å². The number of hydrogen-bond acceptors (Lipinski definition) is 4. The van der Waals surface area contributed by atoms with Gasteiger partial charge in [0.25, 0.3) is 5.56 Å². The van der Waals surface area contributed by atoms with Crippen molar-refractivity contribution in [3.05, 3.63) is 58.0 Å². The topological polar surface area (TPSA) is 88.5 Å². The van der Waals surface area contributed by atoms with Gasteiger partial charge in [-0.2, -0.15) is 4.31 Å². The van der Waals surface area contributed by atoms with Crippen molar-refractivity contribution >= 4 is 21.6 Å². The van der Waals surface area contributed by atoms with Crippen molar-refractivity contribution in [2.45, 2.75) is 36.6 Å². The van der Waals surface area contributed by atoms with Crippen molar-refractivity contribution in [2.24, 2.45) is 5.92 Å². The Balaban J connectivity index is 1.47. The van der Waals surface area contributed by atoms with Gasteiger partial charge in [0.15, 0.2) is 0 Å². The van der Waals surface area contributed by atoms with E-state index in [0.717, 1.165) is 17.7 Å². The molecule has 8 heteroatoms. The minimum atomic E-state index is -3.63. The SMILES string of the molecule is O=C1CCc2cc(S(=O)(=O)N3CC4CC(C3)c3cccc(=O)n3C4)ccc2N1. The Morgan fingerprint density at radius 1 is 1.00 bits per heavy atom. The highest BCUT2D eigenvalue weighted by Crippen LogP contribution is 2.37. The molecule has 3 aliphatic rings. The van der Waals surface area contributed by atoms with Crippen LogP contribution in [0.5, 0.6) is 0 Å². The molecule has 1 amide bonds. The molecule has 2 bridgehead atoms. The number of hydrogen-bond donors (Lipinski definition) is 1.